The molecule has 0 bridgehead atoms. The molecule has 0 saturated carbocycles. The van der Waals surface area contributed by atoms with Crippen LogP contribution in [0.25, 0.3) is 0 Å². The largest absolute Gasteiger partial charge is 0.347 e. The highest BCUT2D eigenvalue weighted by Gasteiger charge is 2.08. The van der Waals surface area contributed by atoms with Crippen LogP contribution in [0.1, 0.15) is 21.2 Å². The maximum absolute atomic E-state index is 11.6. The zero-order valence-electron chi connectivity index (χ0n) is 8.15. The van der Waals surface area contributed by atoms with Crippen molar-refractivity contribution < 1.29 is 4.79 Å². The summed E-state index contributed by atoms with van der Waals surface area (Å²) >= 11 is 1.46. The van der Waals surface area contributed by atoms with Crippen LogP contribution in [0.3, 0.4) is 0 Å². The number of H-pyrrole nitrogens is 1. The maximum Gasteiger partial charge on any atom is 0.271 e. The molecule has 0 aliphatic heterocycles. The zero-order valence-corrected chi connectivity index (χ0v) is 8.97. The predicted molar refractivity (Wildman–Crippen MR) is 56.6 cm³/mol. The van der Waals surface area contributed by atoms with Crippen LogP contribution < -0.4 is 5.32 Å². The summed E-state index contributed by atoms with van der Waals surface area (Å²) in [6, 6.07) is 0. The molecule has 5 nitrogen and oxygen atoms in total. The number of thiazole rings is 1. The average Bonchev–Trinajstić information content (AvgIpc) is 2.84. The highest BCUT2D eigenvalue weighted by Crippen LogP contribution is 2.07. The number of rotatable bonds is 3. The van der Waals surface area contributed by atoms with Crippen LogP contribution in [-0.4, -0.2) is 20.9 Å². The molecule has 0 aromatic carbocycles. The summed E-state index contributed by atoms with van der Waals surface area (Å²) in [6.45, 7) is 2.31. The third-order valence-electron chi connectivity index (χ3n) is 1.85. The Hall–Kier alpha value is -1.69. The molecule has 0 aliphatic carbocycles. The van der Waals surface area contributed by atoms with E-state index in [9.17, 15) is 4.79 Å². The Labute approximate surface area is 90.6 Å². The van der Waals surface area contributed by atoms with Crippen molar-refractivity contribution in [1.82, 2.24) is 20.3 Å². The molecule has 2 rings (SSSR count). The van der Waals surface area contributed by atoms with Gasteiger partial charge in [0.2, 0.25) is 0 Å². The van der Waals surface area contributed by atoms with Crippen molar-refractivity contribution in [1.29, 1.82) is 0 Å². The second kappa shape index (κ2) is 4.22. The summed E-state index contributed by atoms with van der Waals surface area (Å²) in [4.78, 5) is 22.4. The Bertz CT molecular complexity index is 448. The number of nitrogens with zero attached hydrogens (tertiary/aromatic N) is 2. The number of nitrogens with one attached hydrogen (secondary N) is 2. The van der Waals surface area contributed by atoms with E-state index in [2.05, 4.69) is 20.3 Å². The first-order valence-corrected chi connectivity index (χ1v) is 5.31. The Morgan fingerprint density at radius 1 is 1.67 bits per heavy atom. The number of amides is 1. The van der Waals surface area contributed by atoms with Crippen molar-refractivity contribution in [3.8, 4) is 0 Å². The van der Waals surface area contributed by atoms with E-state index in [1.807, 2.05) is 6.92 Å². The fraction of sp³-hybridized carbons (Fsp3) is 0.222. The van der Waals surface area contributed by atoms with Crippen LogP contribution in [-0.2, 0) is 6.54 Å². The molecule has 78 valence electrons. The van der Waals surface area contributed by atoms with Gasteiger partial charge in [-0.1, -0.05) is 0 Å². The van der Waals surface area contributed by atoms with E-state index in [0.717, 1.165) is 10.7 Å². The summed E-state index contributed by atoms with van der Waals surface area (Å²) in [7, 11) is 0. The molecule has 0 fully saturated rings. The van der Waals surface area contributed by atoms with Gasteiger partial charge in [0.15, 0.2) is 0 Å². The maximum atomic E-state index is 11.6. The fourth-order valence-corrected chi connectivity index (χ4v) is 1.71. The molecule has 15 heavy (non-hydrogen) atoms. The standard InChI is InChI=1S/C9H10N4OS/c1-6-13-8(4-15-6)9(14)11-3-7-2-10-5-12-7/h2,4-5H,3H2,1H3,(H,10,12)(H,11,14). The van der Waals surface area contributed by atoms with Crippen LogP contribution in [0.5, 0.6) is 0 Å². The van der Waals surface area contributed by atoms with E-state index < -0.39 is 0 Å². The molecular formula is C9H10N4OS. The third-order valence-corrected chi connectivity index (χ3v) is 2.62. The van der Waals surface area contributed by atoms with Gasteiger partial charge in [-0.3, -0.25) is 4.79 Å². The van der Waals surface area contributed by atoms with Gasteiger partial charge in [-0.15, -0.1) is 11.3 Å². The lowest BCUT2D eigenvalue weighted by Crippen LogP contribution is -2.23. The van der Waals surface area contributed by atoms with Crippen molar-refractivity contribution in [2.75, 3.05) is 0 Å². The average molecular weight is 222 g/mol. The summed E-state index contributed by atoms with van der Waals surface area (Å²) in [5.74, 6) is -0.158. The number of aryl methyl sites for hydroxylation is 1. The van der Waals surface area contributed by atoms with Gasteiger partial charge in [-0.2, -0.15) is 0 Å². The predicted octanol–water partition coefficient (Wildman–Crippen LogP) is 1.10. The summed E-state index contributed by atoms with van der Waals surface area (Å²) in [5.41, 5.74) is 1.34. The molecule has 2 aromatic heterocycles. The van der Waals surface area contributed by atoms with E-state index in [1.165, 1.54) is 11.3 Å². The smallest absolute Gasteiger partial charge is 0.271 e. The SMILES string of the molecule is Cc1nc(C(=O)NCc2cnc[nH]2)cs1. The number of carbonyl (C=O) groups excluding carboxylic acids is 1. The van der Waals surface area contributed by atoms with Gasteiger partial charge in [-0.05, 0) is 6.92 Å². The minimum Gasteiger partial charge on any atom is -0.347 e. The van der Waals surface area contributed by atoms with Gasteiger partial charge in [0.1, 0.15) is 5.69 Å². The molecule has 0 spiro atoms. The molecule has 0 unspecified atom stereocenters. The lowest BCUT2D eigenvalue weighted by Gasteiger charge is -1.99. The van der Waals surface area contributed by atoms with Crippen molar-refractivity contribution in [2.24, 2.45) is 0 Å². The molecular weight excluding hydrogens is 212 g/mol. The van der Waals surface area contributed by atoms with E-state index in [4.69, 9.17) is 0 Å². The first kappa shape index (κ1) is 9.85. The molecule has 0 radical (unpaired) electrons. The van der Waals surface area contributed by atoms with Gasteiger partial charge < -0.3 is 10.3 Å². The lowest BCUT2D eigenvalue weighted by atomic mass is 10.4. The third kappa shape index (κ3) is 2.41. The Morgan fingerprint density at radius 2 is 2.53 bits per heavy atom. The molecule has 6 heteroatoms. The lowest BCUT2D eigenvalue weighted by molar-refractivity contribution is 0.0946. The Balaban J connectivity index is 1.93. The molecule has 0 aliphatic rings. The van der Waals surface area contributed by atoms with Gasteiger partial charge in [0.05, 0.1) is 23.6 Å². The summed E-state index contributed by atoms with van der Waals surface area (Å²) in [5, 5.41) is 5.39. The molecule has 2 heterocycles. The number of hydrogen-bond acceptors (Lipinski definition) is 4. The number of aromatic amines is 1. The molecule has 2 N–H and O–H groups in total. The highest BCUT2D eigenvalue weighted by molar-refractivity contribution is 7.09. The molecule has 0 atom stereocenters. The zero-order chi connectivity index (χ0) is 10.7. The monoisotopic (exact) mass is 222 g/mol. The van der Waals surface area contributed by atoms with Crippen LogP contribution >= 0.6 is 11.3 Å². The van der Waals surface area contributed by atoms with Crippen molar-refractivity contribution in [2.45, 2.75) is 13.5 Å². The van der Waals surface area contributed by atoms with E-state index in [1.54, 1.807) is 17.9 Å². The van der Waals surface area contributed by atoms with Crippen molar-refractivity contribution in [3.63, 3.8) is 0 Å². The van der Waals surface area contributed by atoms with E-state index >= 15 is 0 Å². The van der Waals surface area contributed by atoms with E-state index in [-0.39, 0.29) is 5.91 Å². The van der Waals surface area contributed by atoms with E-state index in [0.29, 0.717) is 12.2 Å². The minimum absolute atomic E-state index is 0.158. The van der Waals surface area contributed by atoms with Gasteiger partial charge in [-0.25, -0.2) is 9.97 Å². The van der Waals surface area contributed by atoms with Crippen LogP contribution in [0.15, 0.2) is 17.9 Å². The summed E-state index contributed by atoms with van der Waals surface area (Å²) in [6.07, 6.45) is 3.25. The van der Waals surface area contributed by atoms with Gasteiger partial charge in [0, 0.05) is 11.6 Å². The highest BCUT2D eigenvalue weighted by atomic mass is 32.1. The number of imidazole rings is 1. The minimum atomic E-state index is -0.158. The number of aromatic nitrogens is 3. The van der Waals surface area contributed by atoms with Crippen LogP contribution in [0.4, 0.5) is 0 Å². The van der Waals surface area contributed by atoms with Gasteiger partial charge in [0.25, 0.3) is 5.91 Å². The molecule has 2 aromatic rings. The topological polar surface area (TPSA) is 70.7 Å². The van der Waals surface area contributed by atoms with Crippen LogP contribution in [0.2, 0.25) is 0 Å². The number of carbonyl (C=O) groups is 1. The quantitative estimate of drug-likeness (QED) is 0.817. The first-order chi connectivity index (χ1) is 7.25. The normalized spacial score (nSPS) is 10.2. The number of hydrogen-bond donors (Lipinski definition) is 2. The Kier molecular flexibility index (Phi) is 2.77. The van der Waals surface area contributed by atoms with Crippen molar-refractivity contribution in [3.05, 3.63) is 34.3 Å². The summed E-state index contributed by atoms with van der Waals surface area (Å²) < 4.78 is 0. The first-order valence-electron chi connectivity index (χ1n) is 4.43. The second-order valence-electron chi connectivity index (χ2n) is 3.01. The molecule has 1 amide bonds. The fourth-order valence-electron chi connectivity index (χ4n) is 1.12. The molecule has 0 saturated heterocycles. The second-order valence-corrected chi connectivity index (χ2v) is 4.07. The Morgan fingerprint density at radius 3 is 3.13 bits per heavy atom. The van der Waals surface area contributed by atoms with Crippen molar-refractivity contribution >= 4 is 17.2 Å². The van der Waals surface area contributed by atoms with Gasteiger partial charge >= 0.3 is 0 Å². The van der Waals surface area contributed by atoms with Crippen LogP contribution in [0, 0.1) is 6.92 Å².